The molecule has 0 unspecified atom stereocenters. The molecular weight excluding hydrogens is 440 g/mol. The first-order chi connectivity index (χ1) is 16.9. The number of hydrogen-bond acceptors (Lipinski definition) is 8. The van der Waals surface area contributed by atoms with Crippen LogP contribution in [0.2, 0.25) is 0 Å². The van der Waals surface area contributed by atoms with Crippen molar-refractivity contribution >= 4 is 5.95 Å². The molecule has 35 heavy (non-hydrogen) atoms. The lowest BCUT2D eigenvalue weighted by Crippen LogP contribution is -2.23. The topological polar surface area (TPSA) is 117 Å². The van der Waals surface area contributed by atoms with E-state index in [-0.39, 0.29) is 0 Å². The number of nitrogens with zero attached hydrogens (tertiary/aromatic N) is 8. The Morgan fingerprint density at radius 1 is 1.00 bits per heavy atom. The van der Waals surface area contributed by atoms with Gasteiger partial charge in [0.15, 0.2) is 0 Å². The Morgan fingerprint density at radius 3 is 2.54 bits per heavy atom. The molecule has 1 aliphatic rings. The van der Waals surface area contributed by atoms with Crippen LogP contribution in [0.25, 0.3) is 22.6 Å². The van der Waals surface area contributed by atoms with Gasteiger partial charge in [-0.3, -0.25) is 4.98 Å². The lowest BCUT2D eigenvalue weighted by molar-refractivity contribution is 0.0397. The van der Waals surface area contributed by atoms with E-state index in [1.165, 1.54) is 0 Å². The second-order valence-electron chi connectivity index (χ2n) is 9.08. The van der Waals surface area contributed by atoms with Crippen molar-refractivity contribution in [3.63, 3.8) is 0 Å². The summed E-state index contributed by atoms with van der Waals surface area (Å²) in [5.41, 5.74) is 4.05. The first-order valence-corrected chi connectivity index (χ1v) is 11.6. The van der Waals surface area contributed by atoms with Crippen LogP contribution in [0.1, 0.15) is 42.6 Å². The molecule has 1 aromatic carbocycles. The van der Waals surface area contributed by atoms with Crippen molar-refractivity contribution in [3.8, 4) is 28.7 Å². The number of aromatic nitrogens is 6. The highest BCUT2D eigenvalue weighted by Crippen LogP contribution is 2.37. The van der Waals surface area contributed by atoms with Gasteiger partial charge in [0.25, 0.3) is 0 Å². The van der Waals surface area contributed by atoms with Crippen LogP contribution in [0.3, 0.4) is 0 Å². The summed E-state index contributed by atoms with van der Waals surface area (Å²) in [7, 11) is 3.75. The summed E-state index contributed by atoms with van der Waals surface area (Å²) in [5.74, 6) is 0.536. The molecule has 3 aromatic heterocycles. The number of aliphatic hydroxyl groups is 1. The fourth-order valence-corrected chi connectivity index (χ4v) is 4.36. The maximum absolute atomic E-state index is 10.9. The maximum atomic E-state index is 10.9. The first-order valence-electron chi connectivity index (χ1n) is 11.6. The molecule has 5 rings (SSSR count). The first kappa shape index (κ1) is 22.6. The maximum Gasteiger partial charge on any atom is 0.225 e. The van der Waals surface area contributed by atoms with Crippen molar-refractivity contribution in [3.05, 3.63) is 71.7 Å². The van der Waals surface area contributed by atoms with E-state index in [0.29, 0.717) is 35.1 Å². The lowest BCUT2D eigenvalue weighted by atomic mass is 9.97. The Hall–Kier alpha value is -4.16. The molecule has 0 bridgehead atoms. The predicted octanol–water partition coefficient (Wildman–Crippen LogP) is 3.54. The summed E-state index contributed by atoms with van der Waals surface area (Å²) in [5, 5.41) is 28.8. The molecular formula is C26H26N8O. The van der Waals surface area contributed by atoms with E-state index in [9.17, 15) is 10.4 Å². The number of anilines is 1. The van der Waals surface area contributed by atoms with Gasteiger partial charge in [-0.1, -0.05) is 36.3 Å². The van der Waals surface area contributed by atoms with E-state index in [0.717, 1.165) is 42.6 Å². The molecule has 0 saturated heterocycles. The van der Waals surface area contributed by atoms with Crippen LogP contribution in [0, 0.1) is 11.3 Å². The number of pyridine rings is 1. The minimum absolute atomic E-state index is 0.430. The standard InChI is InChI=1S/C26H26N8O/c1-33(2)25-29-21(19-8-5-7-18(13-19)15-27)14-22(30-25)23-17-34(32-31-23)16-20-9-6-10-24(28-20)26(35)11-3-4-12-26/h5-10,13-14,17,35H,3-4,11-12,16H2,1-2H3. The number of nitriles is 1. The van der Waals surface area contributed by atoms with Crippen molar-refractivity contribution in [1.82, 2.24) is 29.9 Å². The van der Waals surface area contributed by atoms with E-state index in [4.69, 9.17) is 4.98 Å². The fourth-order valence-electron chi connectivity index (χ4n) is 4.36. The Morgan fingerprint density at radius 2 is 1.77 bits per heavy atom. The largest absolute Gasteiger partial charge is 0.384 e. The van der Waals surface area contributed by atoms with E-state index in [2.05, 4.69) is 26.3 Å². The molecule has 0 spiro atoms. The van der Waals surface area contributed by atoms with Gasteiger partial charge < -0.3 is 10.0 Å². The molecule has 1 N–H and O–H groups in total. The van der Waals surface area contributed by atoms with Crippen LogP contribution in [0.4, 0.5) is 5.95 Å². The second-order valence-corrected chi connectivity index (χ2v) is 9.08. The number of rotatable bonds is 6. The molecule has 9 nitrogen and oxygen atoms in total. The Labute approximate surface area is 203 Å². The SMILES string of the molecule is CN(C)c1nc(-c2cccc(C#N)c2)cc(-c2cn(Cc3cccc(C4(O)CCCC4)n3)nn2)n1. The zero-order valence-corrected chi connectivity index (χ0v) is 19.8. The summed E-state index contributed by atoms with van der Waals surface area (Å²) >= 11 is 0. The molecule has 0 atom stereocenters. The van der Waals surface area contributed by atoms with Gasteiger partial charge in [-0.25, -0.2) is 14.6 Å². The molecule has 1 saturated carbocycles. The van der Waals surface area contributed by atoms with Gasteiger partial charge in [-0.05, 0) is 43.2 Å². The number of benzene rings is 1. The highest BCUT2D eigenvalue weighted by molar-refractivity contribution is 5.68. The third-order valence-electron chi connectivity index (χ3n) is 6.24. The summed E-state index contributed by atoms with van der Waals surface area (Å²) < 4.78 is 1.72. The average Bonchev–Trinajstić information content (AvgIpc) is 3.54. The third kappa shape index (κ3) is 4.74. The average molecular weight is 467 g/mol. The van der Waals surface area contributed by atoms with Gasteiger partial charge in [-0.15, -0.1) is 5.10 Å². The minimum Gasteiger partial charge on any atom is -0.384 e. The lowest BCUT2D eigenvalue weighted by Gasteiger charge is -2.21. The molecule has 0 amide bonds. The fraction of sp³-hybridized carbons (Fsp3) is 0.308. The molecule has 3 heterocycles. The molecule has 4 aromatic rings. The highest BCUT2D eigenvalue weighted by Gasteiger charge is 2.34. The zero-order chi connectivity index (χ0) is 24.4. The van der Waals surface area contributed by atoms with Gasteiger partial charge in [0, 0.05) is 19.7 Å². The summed E-state index contributed by atoms with van der Waals surface area (Å²) in [4.78, 5) is 15.8. The Bertz CT molecular complexity index is 1400. The van der Waals surface area contributed by atoms with Crippen molar-refractivity contribution in [2.45, 2.75) is 37.8 Å². The van der Waals surface area contributed by atoms with Gasteiger partial charge in [0.05, 0.1) is 47.1 Å². The van der Waals surface area contributed by atoms with Crippen LogP contribution in [-0.4, -0.2) is 49.1 Å². The minimum atomic E-state index is -0.827. The molecule has 1 fully saturated rings. The molecule has 0 aliphatic heterocycles. The van der Waals surface area contributed by atoms with Crippen LogP contribution in [0.5, 0.6) is 0 Å². The van der Waals surface area contributed by atoms with Crippen LogP contribution in [-0.2, 0) is 12.1 Å². The van der Waals surface area contributed by atoms with E-state index in [1.807, 2.05) is 61.6 Å². The monoisotopic (exact) mass is 466 g/mol. The van der Waals surface area contributed by atoms with E-state index in [1.54, 1.807) is 16.8 Å². The zero-order valence-electron chi connectivity index (χ0n) is 19.8. The van der Waals surface area contributed by atoms with Gasteiger partial charge >= 0.3 is 0 Å². The Balaban J connectivity index is 1.44. The van der Waals surface area contributed by atoms with Gasteiger partial charge in [0.1, 0.15) is 11.3 Å². The van der Waals surface area contributed by atoms with Crippen LogP contribution in [0.15, 0.2) is 54.7 Å². The van der Waals surface area contributed by atoms with Gasteiger partial charge in [-0.2, -0.15) is 5.26 Å². The van der Waals surface area contributed by atoms with Crippen molar-refractivity contribution in [2.24, 2.45) is 0 Å². The molecule has 176 valence electrons. The molecule has 9 heteroatoms. The van der Waals surface area contributed by atoms with E-state index < -0.39 is 5.60 Å². The predicted molar refractivity (Wildman–Crippen MR) is 131 cm³/mol. The molecule has 0 radical (unpaired) electrons. The van der Waals surface area contributed by atoms with Crippen LogP contribution < -0.4 is 4.90 Å². The number of hydrogen-bond donors (Lipinski definition) is 1. The normalized spacial score (nSPS) is 14.6. The van der Waals surface area contributed by atoms with Crippen molar-refractivity contribution in [1.29, 1.82) is 5.26 Å². The van der Waals surface area contributed by atoms with E-state index >= 15 is 0 Å². The van der Waals surface area contributed by atoms with Gasteiger partial charge in [0.2, 0.25) is 5.95 Å². The quantitative estimate of drug-likeness (QED) is 0.459. The highest BCUT2D eigenvalue weighted by atomic mass is 16.3. The summed E-state index contributed by atoms with van der Waals surface area (Å²) in [6.07, 6.45) is 5.36. The van der Waals surface area contributed by atoms with Crippen molar-refractivity contribution in [2.75, 3.05) is 19.0 Å². The van der Waals surface area contributed by atoms with Crippen LogP contribution >= 0.6 is 0 Å². The summed E-state index contributed by atoms with van der Waals surface area (Å²) in [6, 6.07) is 17.1. The third-order valence-corrected chi connectivity index (χ3v) is 6.24. The smallest absolute Gasteiger partial charge is 0.225 e. The van der Waals surface area contributed by atoms with Crippen molar-refractivity contribution < 1.29 is 5.11 Å². The summed E-state index contributed by atoms with van der Waals surface area (Å²) in [6.45, 7) is 0.430. The molecule has 1 aliphatic carbocycles. The second kappa shape index (κ2) is 9.24. The Kier molecular flexibility index (Phi) is 5.97.